The van der Waals surface area contributed by atoms with Gasteiger partial charge in [0.25, 0.3) is 0 Å². The molecule has 0 bridgehead atoms. The summed E-state index contributed by atoms with van der Waals surface area (Å²) in [4.78, 5) is 0. The van der Waals surface area contributed by atoms with Crippen molar-refractivity contribution in [3.05, 3.63) is 30.3 Å². The highest BCUT2D eigenvalue weighted by molar-refractivity contribution is 5.41. The van der Waals surface area contributed by atoms with Crippen LogP contribution in [0.3, 0.4) is 0 Å². The van der Waals surface area contributed by atoms with Crippen LogP contribution in [0.25, 0.3) is 0 Å². The van der Waals surface area contributed by atoms with E-state index in [1.165, 1.54) is 5.69 Å². The normalized spacial score (nSPS) is 21.3. The van der Waals surface area contributed by atoms with E-state index < -0.39 is 0 Å². The highest BCUT2D eigenvalue weighted by atomic mass is 16.5. The minimum absolute atomic E-state index is 0.880. The monoisotopic (exact) mass is 178 g/mol. The maximum absolute atomic E-state index is 5.37. The topological polar surface area (TPSA) is 9.23 Å². The molecule has 1 saturated heterocycles. The first-order valence-corrected chi connectivity index (χ1v) is 4.79. The third-order valence-electron chi connectivity index (χ3n) is 2.84. The molecular weight excluding hydrogens is 162 g/mol. The molecule has 1 aromatic rings. The third-order valence-corrected chi connectivity index (χ3v) is 2.84. The van der Waals surface area contributed by atoms with Crippen LogP contribution < -0.4 is 4.48 Å². The first kappa shape index (κ1) is 8.73. The third kappa shape index (κ3) is 1.74. The van der Waals surface area contributed by atoms with Crippen molar-refractivity contribution in [1.29, 1.82) is 0 Å². The van der Waals surface area contributed by atoms with Crippen molar-refractivity contribution < 1.29 is 4.74 Å². The molecule has 13 heavy (non-hydrogen) atoms. The van der Waals surface area contributed by atoms with Crippen LogP contribution in [0.5, 0.6) is 0 Å². The Morgan fingerprint density at radius 1 is 1.08 bits per heavy atom. The van der Waals surface area contributed by atoms with Gasteiger partial charge in [0.15, 0.2) is 0 Å². The number of ether oxygens (including phenoxy) is 1. The van der Waals surface area contributed by atoms with Gasteiger partial charge in [-0.2, -0.15) is 0 Å². The zero-order valence-electron chi connectivity index (χ0n) is 8.07. The highest BCUT2D eigenvalue weighted by Crippen LogP contribution is 2.21. The van der Waals surface area contributed by atoms with Gasteiger partial charge in [-0.3, -0.25) is 4.48 Å². The van der Waals surface area contributed by atoms with Gasteiger partial charge >= 0.3 is 0 Å². The number of quaternary nitrogens is 1. The van der Waals surface area contributed by atoms with E-state index in [2.05, 4.69) is 37.4 Å². The molecule has 0 saturated carbocycles. The largest absolute Gasteiger partial charge is 0.370 e. The number of hydrogen-bond acceptors (Lipinski definition) is 1. The van der Waals surface area contributed by atoms with Gasteiger partial charge in [-0.05, 0) is 12.1 Å². The molecule has 2 rings (SSSR count). The summed E-state index contributed by atoms with van der Waals surface area (Å²) in [5, 5.41) is 0. The molecule has 1 fully saturated rings. The molecule has 1 aromatic carbocycles. The second kappa shape index (κ2) is 3.48. The van der Waals surface area contributed by atoms with Crippen LogP contribution in [0.15, 0.2) is 30.3 Å². The van der Waals surface area contributed by atoms with Crippen LogP contribution in [0.1, 0.15) is 0 Å². The molecule has 70 valence electrons. The number of likely N-dealkylation sites (N-methyl/N-ethyl adjacent to an activating group) is 1. The summed E-state index contributed by atoms with van der Waals surface area (Å²) in [5.74, 6) is 0. The zero-order valence-corrected chi connectivity index (χ0v) is 8.07. The fourth-order valence-electron chi connectivity index (χ4n) is 1.79. The first-order chi connectivity index (χ1) is 6.31. The fourth-order valence-corrected chi connectivity index (χ4v) is 1.79. The quantitative estimate of drug-likeness (QED) is 0.594. The Labute approximate surface area is 79.3 Å². The average molecular weight is 178 g/mol. The summed E-state index contributed by atoms with van der Waals surface area (Å²) in [6, 6.07) is 10.7. The Bertz CT molecular complexity index is 265. The Hall–Kier alpha value is -0.860. The molecule has 0 aliphatic carbocycles. The molecule has 0 spiro atoms. The number of morpholine rings is 1. The van der Waals surface area contributed by atoms with Gasteiger partial charge in [-0.1, -0.05) is 18.2 Å². The average Bonchev–Trinajstić information content (AvgIpc) is 2.20. The number of hydrogen-bond donors (Lipinski definition) is 0. The smallest absolute Gasteiger partial charge is 0.132 e. The molecule has 1 aliphatic rings. The second-order valence-electron chi connectivity index (χ2n) is 3.79. The Morgan fingerprint density at radius 2 is 1.69 bits per heavy atom. The van der Waals surface area contributed by atoms with E-state index in [-0.39, 0.29) is 0 Å². The molecule has 0 unspecified atom stereocenters. The molecular formula is C11H16NO+. The van der Waals surface area contributed by atoms with Crippen molar-refractivity contribution in [3.8, 4) is 0 Å². The summed E-state index contributed by atoms with van der Waals surface area (Å²) in [5.41, 5.74) is 1.39. The van der Waals surface area contributed by atoms with E-state index in [4.69, 9.17) is 4.74 Å². The number of para-hydroxylation sites is 1. The van der Waals surface area contributed by atoms with E-state index in [1.54, 1.807) is 0 Å². The second-order valence-corrected chi connectivity index (χ2v) is 3.79. The van der Waals surface area contributed by atoms with Gasteiger partial charge in [-0.15, -0.1) is 0 Å². The van der Waals surface area contributed by atoms with Crippen molar-refractivity contribution in [2.24, 2.45) is 0 Å². The summed E-state index contributed by atoms with van der Waals surface area (Å²) in [6.45, 7) is 3.94. The predicted molar refractivity (Wildman–Crippen MR) is 54.7 cm³/mol. The summed E-state index contributed by atoms with van der Waals surface area (Å²) < 4.78 is 6.39. The Balaban J connectivity index is 2.23. The van der Waals surface area contributed by atoms with E-state index >= 15 is 0 Å². The Morgan fingerprint density at radius 3 is 2.31 bits per heavy atom. The number of nitrogens with zero attached hydrogens (tertiary/aromatic N) is 1. The standard InChI is InChI=1S/C11H16NO/c1-12(7-9-13-10-8-12)11-5-3-2-4-6-11/h2-6H,7-10H2,1H3/q+1. The van der Waals surface area contributed by atoms with Crippen LogP contribution in [-0.2, 0) is 4.74 Å². The minimum atomic E-state index is 0.880. The van der Waals surface area contributed by atoms with Crippen LogP contribution in [0.4, 0.5) is 5.69 Å². The van der Waals surface area contributed by atoms with Crippen molar-refractivity contribution in [2.45, 2.75) is 0 Å². The molecule has 0 amide bonds. The molecule has 0 atom stereocenters. The van der Waals surface area contributed by atoms with E-state index in [0.717, 1.165) is 30.8 Å². The van der Waals surface area contributed by atoms with Crippen molar-refractivity contribution in [1.82, 2.24) is 4.48 Å². The van der Waals surface area contributed by atoms with Gasteiger partial charge in [0.1, 0.15) is 18.8 Å². The van der Waals surface area contributed by atoms with Gasteiger partial charge in [-0.25, -0.2) is 0 Å². The summed E-state index contributed by atoms with van der Waals surface area (Å²) >= 11 is 0. The molecule has 0 N–H and O–H groups in total. The molecule has 1 heterocycles. The minimum Gasteiger partial charge on any atom is -0.370 e. The van der Waals surface area contributed by atoms with Gasteiger partial charge < -0.3 is 4.74 Å². The summed E-state index contributed by atoms with van der Waals surface area (Å²) in [6.07, 6.45) is 0. The predicted octanol–water partition coefficient (Wildman–Crippen LogP) is 1.65. The van der Waals surface area contributed by atoms with Crippen LogP contribution in [0.2, 0.25) is 0 Å². The summed E-state index contributed by atoms with van der Waals surface area (Å²) in [7, 11) is 2.28. The van der Waals surface area contributed by atoms with E-state index in [9.17, 15) is 0 Å². The van der Waals surface area contributed by atoms with E-state index in [0.29, 0.717) is 0 Å². The Kier molecular flexibility index (Phi) is 2.34. The molecule has 2 nitrogen and oxygen atoms in total. The van der Waals surface area contributed by atoms with Crippen LogP contribution >= 0.6 is 0 Å². The molecule has 0 aromatic heterocycles. The van der Waals surface area contributed by atoms with E-state index in [1.807, 2.05) is 0 Å². The number of benzene rings is 1. The van der Waals surface area contributed by atoms with Crippen LogP contribution in [-0.4, -0.2) is 33.4 Å². The maximum Gasteiger partial charge on any atom is 0.132 e. The lowest BCUT2D eigenvalue weighted by Gasteiger charge is -2.36. The highest BCUT2D eigenvalue weighted by Gasteiger charge is 2.27. The van der Waals surface area contributed by atoms with Crippen LogP contribution in [0, 0.1) is 0 Å². The lowest BCUT2D eigenvalue weighted by Crippen LogP contribution is -2.53. The first-order valence-electron chi connectivity index (χ1n) is 4.79. The number of rotatable bonds is 1. The molecule has 0 radical (unpaired) electrons. The molecule has 1 aliphatic heterocycles. The van der Waals surface area contributed by atoms with Gasteiger partial charge in [0.2, 0.25) is 0 Å². The zero-order chi connectivity index (χ0) is 9.15. The van der Waals surface area contributed by atoms with Gasteiger partial charge in [0, 0.05) is 0 Å². The lowest BCUT2D eigenvalue weighted by atomic mass is 10.2. The van der Waals surface area contributed by atoms with Gasteiger partial charge in [0.05, 0.1) is 20.3 Å². The fraction of sp³-hybridized carbons (Fsp3) is 0.455. The van der Waals surface area contributed by atoms with Crippen molar-refractivity contribution in [2.75, 3.05) is 33.4 Å². The molecule has 2 heteroatoms. The SMILES string of the molecule is C[N+]1(c2ccccc2)CCOCC1. The van der Waals surface area contributed by atoms with Crippen molar-refractivity contribution >= 4 is 5.69 Å². The lowest BCUT2D eigenvalue weighted by molar-refractivity contribution is 0.0526. The maximum atomic E-state index is 5.37. The van der Waals surface area contributed by atoms with Crippen molar-refractivity contribution in [3.63, 3.8) is 0 Å².